The molecule has 174 valence electrons. The van der Waals surface area contributed by atoms with Crippen molar-refractivity contribution in [1.29, 1.82) is 0 Å². The van der Waals surface area contributed by atoms with Crippen molar-refractivity contribution in [2.45, 2.75) is 19.5 Å². The third-order valence-corrected chi connectivity index (χ3v) is 6.52. The summed E-state index contributed by atoms with van der Waals surface area (Å²) in [7, 11) is -0.996. The van der Waals surface area contributed by atoms with Gasteiger partial charge in [0.1, 0.15) is 18.3 Å². The van der Waals surface area contributed by atoms with Gasteiger partial charge in [0.2, 0.25) is 21.8 Å². The Kier molecular flexibility index (Phi) is 8.77. The van der Waals surface area contributed by atoms with Crippen LogP contribution in [0.5, 0.6) is 5.75 Å². The van der Waals surface area contributed by atoms with Gasteiger partial charge in [0.15, 0.2) is 0 Å². The number of likely N-dealkylation sites (N-methyl/N-ethyl adjacent to an activating group) is 1. The average molecular weight is 502 g/mol. The molecule has 0 aliphatic heterocycles. The summed E-state index contributed by atoms with van der Waals surface area (Å²) in [4.78, 5) is 26.9. The number of para-hydroxylation sites is 2. The molecular formula is C21H25Cl2N3O5S. The van der Waals surface area contributed by atoms with Crippen molar-refractivity contribution in [3.8, 4) is 5.75 Å². The first-order valence-electron chi connectivity index (χ1n) is 9.55. The smallest absolute Gasteiger partial charge is 0.244 e. The van der Waals surface area contributed by atoms with E-state index in [2.05, 4.69) is 5.32 Å². The second kappa shape index (κ2) is 10.9. The molecule has 2 amide bonds. The van der Waals surface area contributed by atoms with E-state index in [0.29, 0.717) is 15.6 Å². The van der Waals surface area contributed by atoms with Gasteiger partial charge in [-0.05, 0) is 36.8 Å². The maximum Gasteiger partial charge on any atom is 0.244 e. The number of carbonyl (C=O) groups excluding carboxylic acids is 2. The van der Waals surface area contributed by atoms with E-state index in [4.69, 9.17) is 27.9 Å². The summed E-state index contributed by atoms with van der Waals surface area (Å²) in [5, 5.41) is 3.25. The fraction of sp³-hybridized carbons (Fsp3) is 0.333. The molecule has 2 rings (SSSR count). The Morgan fingerprint density at radius 1 is 1.16 bits per heavy atom. The number of amides is 2. The van der Waals surface area contributed by atoms with Crippen molar-refractivity contribution >= 4 is 50.7 Å². The Balaban J connectivity index is 2.45. The number of nitrogens with one attached hydrogen (secondary N) is 1. The molecule has 32 heavy (non-hydrogen) atoms. The first kappa shape index (κ1) is 25.8. The first-order valence-corrected chi connectivity index (χ1v) is 12.2. The van der Waals surface area contributed by atoms with Crippen molar-refractivity contribution in [3.05, 3.63) is 58.1 Å². The highest BCUT2D eigenvalue weighted by atomic mass is 35.5. The Hall–Kier alpha value is -2.49. The third-order valence-electron chi connectivity index (χ3n) is 4.80. The van der Waals surface area contributed by atoms with Crippen LogP contribution in [0.25, 0.3) is 0 Å². The van der Waals surface area contributed by atoms with Gasteiger partial charge in [0.05, 0.1) is 19.1 Å². The van der Waals surface area contributed by atoms with Gasteiger partial charge in [-0.3, -0.25) is 13.9 Å². The lowest BCUT2D eigenvalue weighted by molar-refractivity contribution is -0.139. The molecule has 0 heterocycles. The topological polar surface area (TPSA) is 96.0 Å². The highest BCUT2D eigenvalue weighted by Crippen LogP contribution is 2.30. The van der Waals surface area contributed by atoms with Crippen LogP contribution >= 0.6 is 23.2 Å². The fourth-order valence-electron chi connectivity index (χ4n) is 3.06. The van der Waals surface area contributed by atoms with E-state index < -0.39 is 34.4 Å². The molecule has 1 atom stereocenters. The molecule has 0 fully saturated rings. The van der Waals surface area contributed by atoms with Crippen LogP contribution in [-0.2, 0) is 26.2 Å². The molecule has 2 aromatic carbocycles. The van der Waals surface area contributed by atoms with Crippen LogP contribution in [0.3, 0.4) is 0 Å². The van der Waals surface area contributed by atoms with Gasteiger partial charge in [0.25, 0.3) is 0 Å². The van der Waals surface area contributed by atoms with Crippen LogP contribution in [0.2, 0.25) is 10.0 Å². The predicted molar refractivity (Wildman–Crippen MR) is 126 cm³/mol. The Morgan fingerprint density at radius 3 is 2.38 bits per heavy atom. The lowest BCUT2D eigenvalue weighted by atomic mass is 10.1. The minimum Gasteiger partial charge on any atom is -0.495 e. The number of ether oxygens (including phenoxy) is 1. The molecule has 0 saturated heterocycles. The summed E-state index contributed by atoms with van der Waals surface area (Å²) < 4.78 is 31.3. The van der Waals surface area contributed by atoms with Gasteiger partial charge in [-0.1, -0.05) is 41.4 Å². The van der Waals surface area contributed by atoms with Crippen LogP contribution in [0.15, 0.2) is 42.5 Å². The second-order valence-corrected chi connectivity index (χ2v) is 9.74. The van der Waals surface area contributed by atoms with Gasteiger partial charge in [0, 0.05) is 23.6 Å². The standard InChI is InChI=1S/C21H25Cl2N3O5S/c1-14(21(28)24-2)25(12-15-9-10-16(22)11-17(15)23)20(27)13-26(32(4,29)30)18-7-5-6-8-19(18)31-3/h5-11,14H,12-13H2,1-4H3,(H,24,28)/t14-/m0/s1. The largest absolute Gasteiger partial charge is 0.495 e. The number of sulfonamides is 1. The van der Waals surface area contributed by atoms with Gasteiger partial charge in [-0.25, -0.2) is 8.42 Å². The molecule has 0 bridgehead atoms. The molecule has 0 radical (unpaired) electrons. The zero-order valence-corrected chi connectivity index (χ0v) is 20.5. The average Bonchev–Trinajstić information content (AvgIpc) is 2.75. The predicted octanol–water partition coefficient (Wildman–Crippen LogP) is 2.93. The minimum absolute atomic E-state index is 0.0209. The summed E-state index contributed by atoms with van der Waals surface area (Å²) in [5.74, 6) is -0.715. The zero-order chi connectivity index (χ0) is 24.1. The summed E-state index contributed by atoms with van der Waals surface area (Å²) >= 11 is 12.2. The molecule has 8 nitrogen and oxygen atoms in total. The van der Waals surface area contributed by atoms with E-state index in [1.807, 2.05) is 0 Å². The van der Waals surface area contributed by atoms with Gasteiger partial charge in [-0.2, -0.15) is 0 Å². The van der Waals surface area contributed by atoms with E-state index in [9.17, 15) is 18.0 Å². The normalized spacial score (nSPS) is 12.1. The van der Waals surface area contributed by atoms with Crippen LogP contribution in [0, 0.1) is 0 Å². The molecule has 0 aromatic heterocycles. The Morgan fingerprint density at radius 2 is 1.81 bits per heavy atom. The summed E-state index contributed by atoms with van der Waals surface area (Å²) in [6.45, 7) is 0.993. The van der Waals surface area contributed by atoms with E-state index in [1.54, 1.807) is 37.3 Å². The van der Waals surface area contributed by atoms with Crippen molar-refractivity contribution < 1.29 is 22.7 Å². The number of halogens is 2. The van der Waals surface area contributed by atoms with Gasteiger partial charge in [-0.15, -0.1) is 0 Å². The fourth-order valence-corrected chi connectivity index (χ4v) is 4.38. The molecule has 0 spiro atoms. The van der Waals surface area contributed by atoms with Crippen LogP contribution in [-0.4, -0.2) is 58.1 Å². The zero-order valence-electron chi connectivity index (χ0n) is 18.1. The number of benzene rings is 2. The third kappa shape index (κ3) is 6.27. The minimum atomic E-state index is -3.86. The quantitative estimate of drug-likeness (QED) is 0.569. The second-order valence-electron chi connectivity index (χ2n) is 6.99. The molecule has 11 heteroatoms. The highest BCUT2D eigenvalue weighted by molar-refractivity contribution is 7.92. The van der Waals surface area contributed by atoms with Crippen LogP contribution in [0.1, 0.15) is 12.5 Å². The van der Waals surface area contributed by atoms with E-state index in [1.165, 1.54) is 31.2 Å². The summed E-state index contributed by atoms with van der Waals surface area (Å²) in [6, 6.07) is 10.4. The van der Waals surface area contributed by atoms with Crippen molar-refractivity contribution in [3.63, 3.8) is 0 Å². The number of rotatable bonds is 9. The Labute approximate surface area is 198 Å². The maximum absolute atomic E-state index is 13.3. The number of hydrogen-bond donors (Lipinski definition) is 1. The number of hydrogen-bond acceptors (Lipinski definition) is 5. The molecule has 0 unspecified atom stereocenters. The lowest BCUT2D eigenvalue weighted by Gasteiger charge is -2.31. The number of methoxy groups -OCH3 is 1. The monoisotopic (exact) mass is 501 g/mol. The van der Waals surface area contributed by atoms with Gasteiger partial charge >= 0.3 is 0 Å². The van der Waals surface area contributed by atoms with Crippen molar-refractivity contribution in [2.24, 2.45) is 0 Å². The van der Waals surface area contributed by atoms with Gasteiger partial charge < -0.3 is 15.0 Å². The maximum atomic E-state index is 13.3. The molecular weight excluding hydrogens is 477 g/mol. The molecule has 1 N–H and O–H groups in total. The number of nitrogens with zero attached hydrogens (tertiary/aromatic N) is 2. The summed E-state index contributed by atoms with van der Waals surface area (Å²) in [5.41, 5.74) is 0.770. The van der Waals surface area contributed by atoms with E-state index in [-0.39, 0.29) is 18.0 Å². The summed E-state index contributed by atoms with van der Waals surface area (Å²) in [6.07, 6.45) is 0.995. The van der Waals surface area contributed by atoms with E-state index >= 15 is 0 Å². The first-order chi connectivity index (χ1) is 15.0. The number of carbonyl (C=O) groups is 2. The SMILES string of the molecule is CNC(=O)[C@H](C)N(Cc1ccc(Cl)cc1Cl)C(=O)CN(c1ccccc1OC)S(C)(=O)=O. The van der Waals surface area contributed by atoms with E-state index in [0.717, 1.165) is 10.6 Å². The van der Waals surface area contributed by atoms with Crippen LogP contribution in [0.4, 0.5) is 5.69 Å². The Bertz CT molecular complexity index is 1090. The molecule has 0 aliphatic rings. The molecule has 0 aliphatic carbocycles. The molecule has 2 aromatic rings. The van der Waals surface area contributed by atoms with Crippen molar-refractivity contribution in [2.75, 3.05) is 31.3 Å². The van der Waals surface area contributed by atoms with Crippen LogP contribution < -0.4 is 14.4 Å². The highest BCUT2D eigenvalue weighted by Gasteiger charge is 2.31. The molecule has 0 saturated carbocycles. The number of anilines is 1. The van der Waals surface area contributed by atoms with Crippen molar-refractivity contribution in [1.82, 2.24) is 10.2 Å². The lowest BCUT2D eigenvalue weighted by Crippen LogP contribution is -2.50.